The van der Waals surface area contributed by atoms with E-state index < -0.39 is 5.97 Å². The lowest BCUT2D eigenvalue weighted by atomic mass is 10.1. The minimum atomic E-state index is -0.936. The van der Waals surface area contributed by atoms with E-state index in [1.807, 2.05) is 6.92 Å². The fourth-order valence-electron chi connectivity index (χ4n) is 2.01. The number of aromatic carboxylic acids is 1. The first-order chi connectivity index (χ1) is 9.47. The number of rotatable bonds is 4. The van der Waals surface area contributed by atoms with Crippen LogP contribution in [0.5, 0.6) is 0 Å². The molecule has 3 nitrogen and oxygen atoms in total. The van der Waals surface area contributed by atoms with Crippen LogP contribution in [0.15, 0.2) is 36.4 Å². The predicted octanol–water partition coefficient (Wildman–Crippen LogP) is 3.75. The lowest BCUT2D eigenvalue weighted by Crippen LogP contribution is -2.03. The molecule has 0 aliphatic rings. The second-order valence-corrected chi connectivity index (χ2v) is 4.77. The normalized spacial score (nSPS) is 10.3. The minimum Gasteiger partial charge on any atom is -0.478 e. The molecule has 0 heterocycles. The van der Waals surface area contributed by atoms with Crippen LogP contribution in [0.4, 0.5) is 10.1 Å². The van der Waals surface area contributed by atoms with Crippen LogP contribution in [-0.2, 0) is 6.54 Å². The van der Waals surface area contributed by atoms with Crippen LogP contribution in [0.1, 0.15) is 27.0 Å². The Labute approximate surface area is 117 Å². The molecule has 2 rings (SSSR count). The number of carboxylic acids is 1. The summed E-state index contributed by atoms with van der Waals surface area (Å²) in [7, 11) is 0. The van der Waals surface area contributed by atoms with Gasteiger partial charge in [0.1, 0.15) is 5.82 Å². The first-order valence-electron chi connectivity index (χ1n) is 6.30. The lowest BCUT2D eigenvalue weighted by molar-refractivity contribution is 0.0697. The number of hydrogen-bond donors (Lipinski definition) is 2. The van der Waals surface area contributed by atoms with Gasteiger partial charge in [-0.05, 0) is 54.8 Å². The third kappa shape index (κ3) is 3.15. The quantitative estimate of drug-likeness (QED) is 0.891. The summed E-state index contributed by atoms with van der Waals surface area (Å²) in [4.78, 5) is 10.9. The van der Waals surface area contributed by atoms with Gasteiger partial charge in [0.25, 0.3) is 0 Å². The second kappa shape index (κ2) is 5.74. The van der Waals surface area contributed by atoms with Crippen molar-refractivity contribution < 1.29 is 14.3 Å². The molecule has 2 aromatic rings. The van der Waals surface area contributed by atoms with Gasteiger partial charge >= 0.3 is 5.97 Å². The Morgan fingerprint density at radius 2 is 1.90 bits per heavy atom. The summed E-state index contributed by atoms with van der Waals surface area (Å²) >= 11 is 0. The second-order valence-electron chi connectivity index (χ2n) is 4.77. The van der Waals surface area contributed by atoms with E-state index in [0.29, 0.717) is 12.1 Å². The molecule has 0 amide bonds. The third-order valence-electron chi connectivity index (χ3n) is 3.18. The highest BCUT2D eigenvalue weighted by atomic mass is 19.1. The van der Waals surface area contributed by atoms with Crippen molar-refractivity contribution in [3.63, 3.8) is 0 Å². The van der Waals surface area contributed by atoms with E-state index in [1.54, 1.807) is 37.3 Å². The van der Waals surface area contributed by atoms with Gasteiger partial charge in [-0.3, -0.25) is 0 Å². The predicted molar refractivity (Wildman–Crippen MR) is 76.6 cm³/mol. The average molecular weight is 273 g/mol. The fourth-order valence-corrected chi connectivity index (χ4v) is 2.01. The van der Waals surface area contributed by atoms with Crippen molar-refractivity contribution >= 4 is 11.7 Å². The maximum atomic E-state index is 13.2. The van der Waals surface area contributed by atoms with Crippen molar-refractivity contribution in [2.45, 2.75) is 20.4 Å². The van der Waals surface area contributed by atoms with Crippen LogP contribution in [-0.4, -0.2) is 11.1 Å². The van der Waals surface area contributed by atoms with Gasteiger partial charge in [0, 0.05) is 12.2 Å². The smallest absolute Gasteiger partial charge is 0.335 e. The van der Waals surface area contributed by atoms with Gasteiger partial charge in [0.05, 0.1) is 5.56 Å². The molecular weight excluding hydrogens is 257 g/mol. The Balaban J connectivity index is 2.10. The Kier molecular flexibility index (Phi) is 4.03. The highest BCUT2D eigenvalue weighted by Gasteiger charge is 2.06. The van der Waals surface area contributed by atoms with Crippen LogP contribution < -0.4 is 5.32 Å². The average Bonchev–Trinajstić information content (AvgIpc) is 2.41. The Hall–Kier alpha value is -2.36. The first-order valence-corrected chi connectivity index (χ1v) is 6.30. The van der Waals surface area contributed by atoms with E-state index in [9.17, 15) is 9.18 Å². The molecule has 0 fully saturated rings. The van der Waals surface area contributed by atoms with Gasteiger partial charge in [0.15, 0.2) is 0 Å². The minimum absolute atomic E-state index is 0.212. The summed E-state index contributed by atoms with van der Waals surface area (Å²) < 4.78 is 13.2. The molecule has 0 saturated heterocycles. The van der Waals surface area contributed by atoms with Crippen molar-refractivity contribution in [2.24, 2.45) is 0 Å². The summed E-state index contributed by atoms with van der Waals surface area (Å²) in [6, 6.07) is 9.91. The molecule has 2 N–H and O–H groups in total. The molecular formula is C16H16FNO2. The third-order valence-corrected chi connectivity index (χ3v) is 3.18. The lowest BCUT2D eigenvalue weighted by Gasteiger charge is -2.11. The molecule has 104 valence electrons. The zero-order chi connectivity index (χ0) is 14.7. The summed E-state index contributed by atoms with van der Waals surface area (Å²) in [5.74, 6) is -1.15. The molecule has 0 aliphatic heterocycles. The van der Waals surface area contributed by atoms with Crippen LogP contribution in [0.2, 0.25) is 0 Å². The molecule has 20 heavy (non-hydrogen) atoms. The van der Waals surface area contributed by atoms with Crippen molar-refractivity contribution in [3.05, 3.63) is 64.5 Å². The largest absolute Gasteiger partial charge is 0.478 e. The number of carbonyl (C=O) groups is 1. The Morgan fingerprint density at radius 3 is 2.50 bits per heavy atom. The SMILES string of the molecule is Cc1cc(CNc2ccc(C(=O)O)cc2C)ccc1F. The summed E-state index contributed by atoms with van der Waals surface area (Å²) in [5, 5.41) is 12.1. The van der Waals surface area contributed by atoms with Gasteiger partial charge in [-0.25, -0.2) is 9.18 Å². The molecule has 0 saturated carbocycles. The summed E-state index contributed by atoms with van der Waals surface area (Å²) in [6.45, 7) is 4.14. The monoisotopic (exact) mass is 273 g/mol. The number of nitrogens with one attached hydrogen (secondary N) is 1. The van der Waals surface area contributed by atoms with Crippen LogP contribution in [0.25, 0.3) is 0 Å². The topological polar surface area (TPSA) is 49.3 Å². The fraction of sp³-hybridized carbons (Fsp3) is 0.188. The Bertz CT molecular complexity index is 653. The molecule has 0 atom stereocenters. The highest BCUT2D eigenvalue weighted by Crippen LogP contribution is 2.18. The van der Waals surface area contributed by atoms with E-state index >= 15 is 0 Å². The molecule has 0 spiro atoms. The van der Waals surface area contributed by atoms with Gasteiger partial charge in [-0.2, -0.15) is 0 Å². The summed E-state index contributed by atoms with van der Waals surface area (Å²) in [5.41, 5.74) is 3.60. The molecule has 0 unspecified atom stereocenters. The van der Waals surface area contributed by atoms with E-state index in [2.05, 4.69) is 5.32 Å². The molecule has 0 bridgehead atoms. The van der Waals surface area contributed by atoms with Gasteiger partial charge < -0.3 is 10.4 Å². The molecule has 0 radical (unpaired) electrons. The van der Waals surface area contributed by atoms with Crippen LogP contribution >= 0.6 is 0 Å². The molecule has 0 aliphatic carbocycles. The van der Waals surface area contributed by atoms with Crippen molar-refractivity contribution in [2.75, 3.05) is 5.32 Å². The number of aryl methyl sites for hydroxylation is 2. The number of benzene rings is 2. The highest BCUT2D eigenvalue weighted by molar-refractivity contribution is 5.88. The van der Waals surface area contributed by atoms with Gasteiger partial charge in [-0.15, -0.1) is 0 Å². The molecule has 2 aromatic carbocycles. The number of hydrogen-bond acceptors (Lipinski definition) is 2. The molecule has 0 aromatic heterocycles. The van der Waals surface area contributed by atoms with E-state index in [1.165, 1.54) is 6.07 Å². The van der Waals surface area contributed by atoms with Crippen molar-refractivity contribution in [3.8, 4) is 0 Å². The van der Waals surface area contributed by atoms with E-state index in [4.69, 9.17) is 5.11 Å². The maximum absolute atomic E-state index is 13.2. The number of carboxylic acid groups (broad SMARTS) is 1. The Morgan fingerprint density at radius 1 is 1.15 bits per heavy atom. The van der Waals surface area contributed by atoms with Gasteiger partial charge in [-0.1, -0.05) is 12.1 Å². The zero-order valence-electron chi connectivity index (χ0n) is 11.4. The van der Waals surface area contributed by atoms with E-state index in [-0.39, 0.29) is 11.4 Å². The summed E-state index contributed by atoms with van der Waals surface area (Å²) in [6.07, 6.45) is 0. The molecule has 4 heteroatoms. The van der Waals surface area contributed by atoms with Gasteiger partial charge in [0.2, 0.25) is 0 Å². The standard InChI is InChI=1S/C16H16FNO2/c1-10-7-12(3-5-14(10)17)9-18-15-6-4-13(16(19)20)8-11(15)2/h3-8,18H,9H2,1-2H3,(H,19,20). The zero-order valence-corrected chi connectivity index (χ0v) is 11.4. The van der Waals surface area contributed by atoms with Crippen molar-refractivity contribution in [1.82, 2.24) is 0 Å². The van der Waals surface area contributed by atoms with E-state index in [0.717, 1.165) is 16.8 Å². The van der Waals surface area contributed by atoms with Crippen molar-refractivity contribution in [1.29, 1.82) is 0 Å². The number of halogens is 1. The van der Waals surface area contributed by atoms with Crippen LogP contribution in [0, 0.1) is 19.7 Å². The number of anilines is 1. The first kappa shape index (κ1) is 14.1. The van der Waals surface area contributed by atoms with Crippen LogP contribution in [0.3, 0.4) is 0 Å². The maximum Gasteiger partial charge on any atom is 0.335 e.